The molecule has 2 aromatic carbocycles. The molecule has 3 N–H and O–H groups in total. The topological polar surface area (TPSA) is 155 Å². The first-order valence-corrected chi connectivity index (χ1v) is 16.9. The Bertz CT molecular complexity index is 2350. The lowest BCUT2D eigenvalue weighted by molar-refractivity contribution is -0.164. The first-order chi connectivity index (χ1) is 25.4. The smallest absolute Gasteiger partial charge is 0.411 e. The van der Waals surface area contributed by atoms with Crippen molar-refractivity contribution in [1.82, 2.24) is 44.9 Å². The van der Waals surface area contributed by atoms with Crippen LogP contribution in [0.4, 0.5) is 26.7 Å². The third kappa shape index (κ3) is 5.97. The van der Waals surface area contributed by atoms with E-state index in [4.69, 9.17) is 16.3 Å². The fraction of sp³-hybridized carbons (Fsp3) is 0.343. The summed E-state index contributed by atoms with van der Waals surface area (Å²) in [6.07, 6.45) is -7.58. The second-order valence-electron chi connectivity index (χ2n) is 14.1. The van der Waals surface area contributed by atoms with Crippen LogP contribution in [0.2, 0.25) is 5.02 Å². The van der Waals surface area contributed by atoms with Gasteiger partial charge >= 0.3 is 12.3 Å². The maximum absolute atomic E-state index is 15.2. The summed E-state index contributed by atoms with van der Waals surface area (Å²) in [5, 5.41) is 22.9. The van der Waals surface area contributed by atoms with Crippen LogP contribution in [-0.4, -0.2) is 70.5 Å². The number of fused-ring (bicyclic) bond motifs is 3. The second-order valence-corrected chi connectivity index (χ2v) is 14.5. The highest BCUT2D eigenvalue weighted by molar-refractivity contribution is 6.32. The van der Waals surface area contributed by atoms with E-state index >= 15 is 4.79 Å². The molecule has 3 aromatic heterocycles. The monoisotopic (exact) mass is 770 g/mol. The maximum Gasteiger partial charge on any atom is 0.411 e. The molecule has 5 aromatic rings. The van der Waals surface area contributed by atoms with Crippen LogP contribution in [0.1, 0.15) is 63.0 Å². The number of nitrogens with one attached hydrogen (secondary N) is 3. The lowest BCUT2D eigenvalue weighted by Crippen LogP contribution is -2.49. The number of ether oxygens (including phenoxy) is 1. The van der Waals surface area contributed by atoms with E-state index in [-0.39, 0.29) is 29.1 Å². The average molecular weight is 771 g/mol. The van der Waals surface area contributed by atoms with Crippen molar-refractivity contribution in [3.63, 3.8) is 0 Å². The van der Waals surface area contributed by atoms with Gasteiger partial charge in [0.05, 0.1) is 22.3 Å². The van der Waals surface area contributed by atoms with E-state index in [9.17, 15) is 32.2 Å². The molecule has 2 aliphatic rings. The van der Waals surface area contributed by atoms with Crippen LogP contribution >= 0.6 is 11.6 Å². The van der Waals surface area contributed by atoms with Crippen LogP contribution in [-0.2, 0) is 15.1 Å². The number of pyridine rings is 1. The van der Waals surface area contributed by atoms with E-state index in [1.54, 1.807) is 34.8 Å². The minimum atomic E-state index is -4.74. The third-order valence-corrected chi connectivity index (χ3v) is 10.1. The van der Waals surface area contributed by atoms with Gasteiger partial charge in [-0.15, -0.1) is 0 Å². The van der Waals surface area contributed by atoms with Gasteiger partial charge in [-0.1, -0.05) is 51.1 Å². The van der Waals surface area contributed by atoms with Crippen LogP contribution in [0.3, 0.4) is 0 Å². The second kappa shape index (κ2) is 12.7. The summed E-state index contributed by atoms with van der Waals surface area (Å²) < 4.78 is 76.6. The minimum Gasteiger partial charge on any atom is -0.447 e. The van der Waals surface area contributed by atoms with Crippen molar-refractivity contribution in [1.29, 1.82) is 5.41 Å². The van der Waals surface area contributed by atoms with Gasteiger partial charge in [-0.25, -0.2) is 32.7 Å². The number of halogens is 6. The Morgan fingerprint density at radius 3 is 2.46 bits per heavy atom. The summed E-state index contributed by atoms with van der Waals surface area (Å²) in [4.78, 5) is 36.9. The molecule has 0 spiro atoms. The van der Waals surface area contributed by atoms with Crippen LogP contribution in [0.25, 0.3) is 22.2 Å². The maximum atomic E-state index is 15.2. The number of carbonyl (C=O) groups is 2. The van der Waals surface area contributed by atoms with Gasteiger partial charge in [0.15, 0.2) is 23.0 Å². The van der Waals surface area contributed by atoms with E-state index in [1.165, 1.54) is 24.5 Å². The summed E-state index contributed by atoms with van der Waals surface area (Å²) in [7, 11) is 0. The van der Waals surface area contributed by atoms with Crippen LogP contribution in [0, 0.1) is 10.8 Å². The van der Waals surface area contributed by atoms with Crippen molar-refractivity contribution < 1.29 is 36.3 Å². The Labute approximate surface area is 308 Å². The molecule has 0 bridgehead atoms. The van der Waals surface area contributed by atoms with E-state index in [0.717, 1.165) is 15.9 Å². The first kappa shape index (κ1) is 36.7. The molecule has 2 fully saturated rings. The van der Waals surface area contributed by atoms with E-state index in [0.29, 0.717) is 27.7 Å². The summed E-state index contributed by atoms with van der Waals surface area (Å²) in [6, 6.07) is 11.3. The van der Waals surface area contributed by atoms with Gasteiger partial charge < -0.3 is 15.4 Å². The van der Waals surface area contributed by atoms with Gasteiger partial charge in [-0.05, 0) is 71.4 Å². The van der Waals surface area contributed by atoms with Crippen LogP contribution in [0.15, 0.2) is 73.3 Å². The number of amides is 2. The summed E-state index contributed by atoms with van der Waals surface area (Å²) in [6.45, 7) is 9.05. The molecule has 0 radical (unpaired) electrons. The molecule has 1 saturated carbocycles. The highest BCUT2D eigenvalue weighted by Crippen LogP contribution is 2.49. The fourth-order valence-corrected chi connectivity index (χ4v) is 6.83. The number of alkyl carbamates (subject to hydrolysis) is 1. The molecule has 7 rings (SSSR count). The minimum absolute atomic E-state index is 0.0431. The van der Waals surface area contributed by atoms with Crippen molar-refractivity contribution in [3.8, 4) is 5.69 Å². The fourth-order valence-electron chi connectivity index (χ4n) is 6.63. The number of benzene rings is 2. The molecule has 1 aliphatic heterocycles. The zero-order chi connectivity index (χ0) is 39.0. The number of hydrogen-bond acceptors (Lipinski definition) is 8. The Balaban J connectivity index is 1.34. The predicted molar refractivity (Wildman–Crippen MR) is 185 cm³/mol. The number of aromatic nitrogens is 6. The summed E-state index contributed by atoms with van der Waals surface area (Å²) in [5.41, 5.74) is -2.95. The summed E-state index contributed by atoms with van der Waals surface area (Å²) >= 11 is 6.44. The largest absolute Gasteiger partial charge is 0.447 e. The zero-order valence-electron chi connectivity index (χ0n) is 28.9. The first-order valence-electron chi connectivity index (χ1n) is 16.5. The number of carbonyl (C=O) groups excluding carboxylic acids is 2. The third-order valence-electron chi connectivity index (χ3n) is 9.79. The molecule has 4 heterocycles. The average Bonchev–Trinajstić information content (AvgIpc) is 3.41. The molecule has 54 heavy (non-hydrogen) atoms. The Morgan fingerprint density at radius 1 is 1.07 bits per heavy atom. The van der Waals surface area contributed by atoms with Crippen molar-refractivity contribution in [2.45, 2.75) is 63.3 Å². The molecule has 2 atom stereocenters. The molecular formula is C35H32ClF5N10O3. The van der Waals surface area contributed by atoms with Gasteiger partial charge in [0, 0.05) is 5.39 Å². The van der Waals surface area contributed by atoms with Gasteiger partial charge in [0.1, 0.15) is 24.8 Å². The van der Waals surface area contributed by atoms with Gasteiger partial charge in [-0.2, -0.15) is 23.4 Å². The Kier molecular flexibility index (Phi) is 8.66. The quantitative estimate of drug-likeness (QED) is 0.110. The predicted octanol–water partition coefficient (Wildman–Crippen LogP) is 6.78. The Hall–Kier alpha value is -5.65. The normalized spacial score (nSPS) is 19.0. The van der Waals surface area contributed by atoms with E-state index < -0.39 is 65.5 Å². The molecule has 1 aliphatic carbocycles. The molecular weight excluding hydrogens is 739 g/mol. The highest BCUT2D eigenvalue weighted by Gasteiger charge is 2.65. The summed E-state index contributed by atoms with van der Waals surface area (Å²) in [5.74, 6) is -1.94. The molecule has 1 saturated heterocycles. The number of alkyl halides is 5. The number of nitrogens with zero attached hydrogens (tertiary/aromatic N) is 7. The highest BCUT2D eigenvalue weighted by atomic mass is 35.5. The molecule has 282 valence electrons. The van der Waals surface area contributed by atoms with Gasteiger partial charge in [-0.3, -0.25) is 15.1 Å². The number of guanidine groups is 1. The van der Waals surface area contributed by atoms with Crippen LogP contribution in [0.5, 0.6) is 0 Å². The molecule has 0 unspecified atom stereocenters. The van der Waals surface area contributed by atoms with E-state index in [2.05, 4.69) is 32.1 Å². The molecule has 2 amide bonds. The Morgan fingerprint density at radius 2 is 1.80 bits per heavy atom. The van der Waals surface area contributed by atoms with E-state index in [1.807, 2.05) is 26.1 Å². The van der Waals surface area contributed by atoms with Gasteiger partial charge in [0.2, 0.25) is 0 Å². The lowest BCUT2D eigenvalue weighted by Gasteiger charge is -2.37. The van der Waals surface area contributed by atoms with Gasteiger partial charge in [0.25, 0.3) is 12.3 Å². The lowest BCUT2D eigenvalue weighted by atomic mass is 9.71. The SMILES string of the molecule is C=C(C(C)(C)C)[C@]1(c2ccc3c(ccc4ncnn43)c2)NC(=N)N([C@H](COC(=O)NC2(C(F)(F)F)CC2)c2ccc(Cl)c(-n3ncnc3C(F)F)c2)C1=O. The van der Waals surface area contributed by atoms with Crippen LogP contribution < -0.4 is 10.6 Å². The zero-order valence-corrected chi connectivity index (χ0v) is 29.6. The van der Waals surface area contributed by atoms with Crippen molar-refractivity contribution in [2.24, 2.45) is 5.41 Å². The molecule has 19 heteroatoms. The standard InChI is InChI=1S/C35H32ClF5N10O3/c1-18(32(2,3)4)34(21-7-9-23-19(13-21)6-10-26-43-16-45-50(23)26)29(52)49(30(42)47-34)25(15-54-31(53)48-33(11-12-33)35(39,40)41)20-5-8-22(36)24(14-20)51-28(27(37)38)44-17-46-51/h5-10,13-14,16-17,25,27H,1,11-12,15H2,2-4H3,(H2,42,47)(H,48,53)/t25-,34-/m1/s1. The van der Waals surface area contributed by atoms with Crippen molar-refractivity contribution >= 4 is 46.1 Å². The molecule has 13 nitrogen and oxygen atoms in total. The van der Waals surface area contributed by atoms with Crippen molar-refractivity contribution in [2.75, 3.05) is 6.61 Å². The van der Waals surface area contributed by atoms with Crippen molar-refractivity contribution in [3.05, 3.63) is 95.3 Å². The number of hydrogen-bond donors (Lipinski definition) is 3. The number of rotatable bonds is 9.